The summed E-state index contributed by atoms with van der Waals surface area (Å²) in [5, 5.41) is 35.1. The maximum absolute atomic E-state index is 10.8. The largest absolute Gasteiger partial charge is 0.487 e. The summed E-state index contributed by atoms with van der Waals surface area (Å²) >= 11 is 6.33. The highest BCUT2D eigenvalue weighted by Gasteiger charge is 2.45. The van der Waals surface area contributed by atoms with Crippen LogP contribution in [-0.4, -0.2) is 49.6 Å². The molecule has 5 N–H and O–H groups in total. The SMILES string of the molecule is Cl.N#Cc1cc2c(c(O[C@H]3C[C@@H](n4cc(Cl)c5c(N)ncnc54)[C@H](O)[C@@H]3O)c1)CNCC2. The van der Waals surface area contributed by atoms with E-state index in [1.807, 2.05) is 6.07 Å². The van der Waals surface area contributed by atoms with Crippen LogP contribution in [0, 0.1) is 11.3 Å². The Morgan fingerprint density at radius 2 is 2.09 bits per heavy atom. The van der Waals surface area contributed by atoms with Crippen LogP contribution in [-0.2, 0) is 13.0 Å². The first-order valence-electron chi connectivity index (χ1n) is 10.0. The Morgan fingerprint density at radius 3 is 2.88 bits per heavy atom. The van der Waals surface area contributed by atoms with Crippen LogP contribution in [0.5, 0.6) is 5.75 Å². The average molecular weight is 477 g/mol. The fourth-order valence-corrected chi connectivity index (χ4v) is 4.86. The first-order valence-corrected chi connectivity index (χ1v) is 10.4. The van der Waals surface area contributed by atoms with E-state index in [9.17, 15) is 15.5 Å². The summed E-state index contributed by atoms with van der Waals surface area (Å²) in [5.74, 6) is 0.808. The van der Waals surface area contributed by atoms with Crippen molar-refractivity contribution in [2.45, 2.75) is 43.7 Å². The number of rotatable bonds is 3. The van der Waals surface area contributed by atoms with Crippen molar-refractivity contribution >= 4 is 40.9 Å². The molecule has 3 heterocycles. The van der Waals surface area contributed by atoms with Gasteiger partial charge in [-0.1, -0.05) is 11.6 Å². The van der Waals surface area contributed by atoms with E-state index in [2.05, 4.69) is 21.4 Å². The Morgan fingerprint density at radius 1 is 1.28 bits per heavy atom. The lowest BCUT2D eigenvalue weighted by Crippen LogP contribution is -2.35. The van der Waals surface area contributed by atoms with Crippen LogP contribution in [0.4, 0.5) is 5.82 Å². The third kappa shape index (κ3) is 3.64. The number of hydrogen-bond acceptors (Lipinski definition) is 8. The van der Waals surface area contributed by atoms with Crippen LogP contribution >= 0.6 is 24.0 Å². The molecule has 0 amide bonds. The number of aliphatic hydroxyl groups is 2. The minimum atomic E-state index is -1.13. The molecule has 0 unspecified atom stereocenters. The molecule has 1 saturated carbocycles. The number of aliphatic hydroxyl groups excluding tert-OH is 2. The van der Waals surface area contributed by atoms with Gasteiger partial charge in [0.1, 0.15) is 41.9 Å². The van der Waals surface area contributed by atoms with Gasteiger partial charge >= 0.3 is 0 Å². The number of aromatic nitrogens is 3. The zero-order valence-corrected chi connectivity index (χ0v) is 18.5. The number of nitrogens with one attached hydrogen (secondary N) is 1. The molecule has 0 radical (unpaired) electrons. The monoisotopic (exact) mass is 476 g/mol. The molecular formula is C21H22Cl2N6O3. The summed E-state index contributed by atoms with van der Waals surface area (Å²) < 4.78 is 7.91. The molecule has 0 bridgehead atoms. The summed E-state index contributed by atoms with van der Waals surface area (Å²) in [6.45, 7) is 1.46. The van der Waals surface area contributed by atoms with Gasteiger partial charge in [-0.2, -0.15) is 5.26 Å². The van der Waals surface area contributed by atoms with E-state index >= 15 is 0 Å². The lowest BCUT2D eigenvalue weighted by Gasteiger charge is -2.24. The molecule has 1 aliphatic carbocycles. The Labute approximate surface area is 195 Å². The van der Waals surface area contributed by atoms with Crippen molar-refractivity contribution in [3.05, 3.63) is 46.4 Å². The molecule has 32 heavy (non-hydrogen) atoms. The van der Waals surface area contributed by atoms with Crippen LogP contribution in [0.2, 0.25) is 5.02 Å². The second-order valence-electron chi connectivity index (χ2n) is 7.93. The first kappa shape index (κ1) is 22.6. The summed E-state index contributed by atoms with van der Waals surface area (Å²) in [6.07, 6.45) is 1.21. The molecule has 0 saturated heterocycles. The highest BCUT2D eigenvalue weighted by molar-refractivity contribution is 6.36. The highest BCUT2D eigenvalue weighted by atomic mass is 35.5. The van der Waals surface area contributed by atoms with E-state index in [1.54, 1.807) is 16.8 Å². The van der Waals surface area contributed by atoms with E-state index < -0.39 is 24.4 Å². The van der Waals surface area contributed by atoms with Gasteiger partial charge in [0, 0.05) is 24.7 Å². The van der Waals surface area contributed by atoms with E-state index in [0.717, 1.165) is 24.1 Å². The number of fused-ring (bicyclic) bond motifs is 2. The fourth-order valence-electron chi connectivity index (χ4n) is 4.57. The zero-order valence-electron chi connectivity index (χ0n) is 16.9. The standard InChI is InChI=1S/C21H21ClN6O3.ClH/c22-13-8-28(21-17(13)20(24)26-9-27-21)14-5-16(19(30)18(14)29)31-15-4-10(6-23)3-11-1-2-25-7-12(11)15;/h3-4,8-9,14,16,18-19,25,29-30H,1-2,5,7H2,(H2,24,26,27);1H/t14-,16+,18+,19-;/m1./s1. The number of halogens is 2. The van der Waals surface area contributed by atoms with Crippen LogP contribution in [0.1, 0.15) is 29.2 Å². The summed E-state index contributed by atoms with van der Waals surface area (Å²) in [7, 11) is 0. The fraction of sp³-hybridized carbons (Fsp3) is 0.381. The molecule has 5 rings (SSSR count). The minimum absolute atomic E-state index is 0. The number of nitrogens with two attached hydrogens (primary N) is 1. The number of nitrogens with zero attached hydrogens (tertiary/aromatic N) is 4. The highest BCUT2D eigenvalue weighted by Crippen LogP contribution is 2.39. The second kappa shape index (κ2) is 8.73. The number of anilines is 1. The summed E-state index contributed by atoms with van der Waals surface area (Å²) in [6, 6.07) is 5.22. The molecule has 1 aromatic carbocycles. The van der Waals surface area contributed by atoms with Gasteiger partial charge < -0.3 is 30.6 Å². The molecule has 0 spiro atoms. The molecule has 11 heteroatoms. The zero-order chi connectivity index (χ0) is 21.7. The second-order valence-corrected chi connectivity index (χ2v) is 8.34. The summed E-state index contributed by atoms with van der Waals surface area (Å²) in [5.41, 5.74) is 8.97. The third-order valence-corrected chi connectivity index (χ3v) is 6.42. The number of benzene rings is 1. The molecule has 3 aromatic rings. The van der Waals surface area contributed by atoms with Gasteiger partial charge in [0.2, 0.25) is 0 Å². The number of ether oxygens (including phenoxy) is 1. The maximum Gasteiger partial charge on any atom is 0.147 e. The maximum atomic E-state index is 10.8. The molecule has 2 aromatic heterocycles. The van der Waals surface area contributed by atoms with Crippen LogP contribution in [0.3, 0.4) is 0 Å². The van der Waals surface area contributed by atoms with Gasteiger partial charge in [-0.3, -0.25) is 0 Å². The van der Waals surface area contributed by atoms with E-state index in [1.165, 1.54) is 6.33 Å². The van der Waals surface area contributed by atoms with Crippen molar-refractivity contribution in [3.8, 4) is 11.8 Å². The van der Waals surface area contributed by atoms with Crippen molar-refractivity contribution in [1.82, 2.24) is 19.9 Å². The lowest BCUT2D eigenvalue weighted by atomic mass is 9.97. The molecule has 1 aliphatic heterocycles. The lowest BCUT2D eigenvalue weighted by molar-refractivity contribution is -0.0166. The van der Waals surface area contributed by atoms with Crippen molar-refractivity contribution in [2.24, 2.45) is 0 Å². The van der Waals surface area contributed by atoms with Gasteiger partial charge in [0.25, 0.3) is 0 Å². The van der Waals surface area contributed by atoms with E-state index in [4.69, 9.17) is 22.1 Å². The topological polar surface area (TPSA) is 142 Å². The Kier molecular flexibility index (Phi) is 6.16. The van der Waals surface area contributed by atoms with Crippen molar-refractivity contribution in [2.75, 3.05) is 12.3 Å². The smallest absolute Gasteiger partial charge is 0.147 e. The Bertz CT molecular complexity index is 1210. The average Bonchev–Trinajstić information content (AvgIpc) is 3.25. The first-order chi connectivity index (χ1) is 15.0. The van der Waals surface area contributed by atoms with E-state index in [-0.39, 0.29) is 18.2 Å². The van der Waals surface area contributed by atoms with Gasteiger partial charge in [0.15, 0.2) is 0 Å². The molecule has 4 atom stereocenters. The van der Waals surface area contributed by atoms with Crippen molar-refractivity contribution in [1.29, 1.82) is 5.26 Å². The van der Waals surface area contributed by atoms with Crippen LogP contribution in [0.25, 0.3) is 11.0 Å². The molecule has 168 valence electrons. The van der Waals surface area contributed by atoms with Crippen molar-refractivity contribution < 1.29 is 14.9 Å². The Hall–Kier alpha value is -2.61. The van der Waals surface area contributed by atoms with Gasteiger partial charge in [-0.25, -0.2) is 9.97 Å². The molecular weight excluding hydrogens is 455 g/mol. The predicted octanol–water partition coefficient (Wildman–Crippen LogP) is 1.72. The molecule has 9 nitrogen and oxygen atoms in total. The van der Waals surface area contributed by atoms with E-state index in [0.29, 0.717) is 40.3 Å². The summed E-state index contributed by atoms with van der Waals surface area (Å²) in [4.78, 5) is 8.24. The van der Waals surface area contributed by atoms with Crippen LogP contribution in [0.15, 0.2) is 24.7 Å². The predicted molar refractivity (Wildman–Crippen MR) is 121 cm³/mol. The third-order valence-electron chi connectivity index (χ3n) is 6.13. The van der Waals surface area contributed by atoms with Crippen LogP contribution < -0.4 is 15.8 Å². The molecule has 2 aliphatic rings. The quantitative estimate of drug-likeness (QED) is 0.447. The van der Waals surface area contributed by atoms with Gasteiger partial charge in [-0.15, -0.1) is 12.4 Å². The van der Waals surface area contributed by atoms with Gasteiger partial charge in [-0.05, 0) is 30.7 Å². The number of hydrogen-bond donors (Lipinski definition) is 4. The van der Waals surface area contributed by atoms with Crippen molar-refractivity contribution in [3.63, 3.8) is 0 Å². The normalized spacial score (nSPS) is 24.6. The number of nitriles is 1. The minimum Gasteiger partial charge on any atom is -0.487 e. The Balaban J connectivity index is 0.00000245. The van der Waals surface area contributed by atoms with Gasteiger partial charge in [0.05, 0.1) is 28.1 Å². The number of nitrogen functional groups attached to an aromatic ring is 1. The molecule has 1 fully saturated rings.